The zero-order chi connectivity index (χ0) is 35.4. The van der Waals surface area contributed by atoms with E-state index in [2.05, 4.69) is 197 Å². The lowest BCUT2D eigenvalue weighted by Crippen LogP contribution is -2.32. The van der Waals surface area contributed by atoms with Gasteiger partial charge in [0, 0.05) is 29.2 Å². The number of para-hydroxylation sites is 5. The monoisotopic (exact) mass is 676 g/mol. The summed E-state index contributed by atoms with van der Waals surface area (Å²) in [5.41, 5.74) is 15.5. The maximum Gasteiger partial charge on any atom is 0.101 e. The van der Waals surface area contributed by atoms with Crippen LogP contribution in [-0.4, -0.2) is 4.98 Å². The molecule has 0 radical (unpaired) electrons. The predicted octanol–water partition coefficient (Wildman–Crippen LogP) is 12.2. The van der Waals surface area contributed by atoms with Crippen molar-refractivity contribution >= 4 is 34.1 Å². The SMILES string of the molecule is N#Cc1cncc(-c2cccc3c2C(c2ccccc2)(c2ccccc2)c2c-3cccc2N2c3ccccc3N(c3ccccc3)c3ccccc32)c1. The highest BCUT2D eigenvalue weighted by Crippen LogP contribution is 2.64. The number of aromatic nitrogens is 1. The number of hydrogen-bond donors (Lipinski definition) is 0. The third-order valence-electron chi connectivity index (χ3n) is 10.7. The van der Waals surface area contributed by atoms with Crippen LogP contribution in [0.3, 0.4) is 0 Å². The van der Waals surface area contributed by atoms with Crippen molar-refractivity contribution in [2.24, 2.45) is 0 Å². The molecule has 2 aliphatic rings. The van der Waals surface area contributed by atoms with Crippen LogP contribution in [0.5, 0.6) is 0 Å². The third-order valence-corrected chi connectivity index (χ3v) is 10.7. The Balaban J connectivity index is 1.34. The number of benzene rings is 7. The fourth-order valence-corrected chi connectivity index (χ4v) is 8.72. The maximum atomic E-state index is 9.94. The van der Waals surface area contributed by atoms with Crippen LogP contribution < -0.4 is 9.80 Å². The van der Waals surface area contributed by atoms with Gasteiger partial charge in [-0.3, -0.25) is 4.98 Å². The second-order valence-corrected chi connectivity index (χ2v) is 13.5. The number of fused-ring (bicyclic) bond motifs is 5. The summed E-state index contributed by atoms with van der Waals surface area (Å²) < 4.78 is 0. The summed E-state index contributed by atoms with van der Waals surface area (Å²) in [5, 5.41) is 9.94. The smallest absolute Gasteiger partial charge is 0.101 e. The van der Waals surface area contributed by atoms with Crippen LogP contribution in [0.4, 0.5) is 34.1 Å². The van der Waals surface area contributed by atoms with Crippen molar-refractivity contribution < 1.29 is 0 Å². The van der Waals surface area contributed by atoms with Gasteiger partial charge in [0.15, 0.2) is 0 Å². The third kappa shape index (κ3) is 4.51. The van der Waals surface area contributed by atoms with Gasteiger partial charge in [-0.15, -0.1) is 0 Å². The van der Waals surface area contributed by atoms with Crippen LogP contribution in [0.25, 0.3) is 22.3 Å². The summed E-state index contributed by atoms with van der Waals surface area (Å²) in [6, 6.07) is 67.5. The molecule has 0 atom stereocenters. The van der Waals surface area contributed by atoms with Crippen molar-refractivity contribution in [2.75, 3.05) is 9.80 Å². The Morgan fingerprint density at radius 2 is 0.906 bits per heavy atom. The van der Waals surface area contributed by atoms with Gasteiger partial charge in [-0.05, 0) is 81.9 Å². The van der Waals surface area contributed by atoms with E-state index in [4.69, 9.17) is 0 Å². The molecule has 0 fully saturated rings. The normalized spacial score (nSPS) is 13.3. The molecule has 1 aromatic heterocycles. The molecule has 0 N–H and O–H groups in total. The molecule has 2 heterocycles. The minimum Gasteiger partial charge on any atom is -0.306 e. The largest absolute Gasteiger partial charge is 0.306 e. The molecule has 0 bridgehead atoms. The maximum absolute atomic E-state index is 9.94. The Bertz CT molecular complexity index is 2610. The van der Waals surface area contributed by atoms with Crippen LogP contribution >= 0.6 is 0 Å². The van der Waals surface area contributed by atoms with Crippen LogP contribution in [0, 0.1) is 11.3 Å². The van der Waals surface area contributed by atoms with Gasteiger partial charge >= 0.3 is 0 Å². The molecule has 10 rings (SSSR count). The van der Waals surface area contributed by atoms with Crippen molar-refractivity contribution in [1.82, 2.24) is 4.98 Å². The lowest BCUT2D eigenvalue weighted by atomic mass is 9.65. The zero-order valence-electron chi connectivity index (χ0n) is 28.8. The minimum atomic E-state index is -0.733. The Morgan fingerprint density at radius 1 is 0.434 bits per heavy atom. The number of nitriles is 1. The molecule has 0 spiro atoms. The van der Waals surface area contributed by atoms with E-state index in [9.17, 15) is 5.26 Å². The van der Waals surface area contributed by atoms with Crippen molar-refractivity contribution in [1.29, 1.82) is 5.26 Å². The average Bonchev–Trinajstić information content (AvgIpc) is 3.55. The van der Waals surface area contributed by atoms with E-state index < -0.39 is 5.41 Å². The van der Waals surface area contributed by atoms with E-state index in [1.54, 1.807) is 6.20 Å². The predicted molar refractivity (Wildman–Crippen MR) is 215 cm³/mol. The van der Waals surface area contributed by atoms with Crippen LogP contribution in [-0.2, 0) is 5.41 Å². The van der Waals surface area contributed by atoms with E-state index in [0.29, 0.717) is 5.56 Å². The highest BCUT2D eigenvalue weighted by atomic mass is 15.3. The second kappa shape index (κ2) is 12.2. The van der Waals surface area contributed by atoms with Crippen molar-refractivity contribution in [3.8, 4) is 28.3 Å². The molecular weight excluding hydrogens is 645 g/mol. The quantitative estimate of drug-likeness (QED) is 0.182. The first-order valence-corrected chi connectivity index (χ1v) is 17.9. The summed E-state index contributed by atoms with van der Waals surface area (Å²) in [4.78, 5) is 9.37. The number of pyridine rings is 1. The highest BCUT2D eigenvalue weighted by Gasteiger charge is 2.50. The van der Waals surface area contributed by atoms with Gasteiger partial charge < -0.3 is 9.80 Å². The first-order chi connectivity index (χ1) is 26.3. The van der Waals surface area contributed by atoms with Crippen LogP contribution in [0.2, 0.25) is 0 Å². The molecule has 0 amide bonds. The summed E-state index contributed by atoms with van der Waals surface area (Å²) in [6.45, 7) is 0. The first kappa shape index (κ1) is 30.6. The van der Waals surface area contributed by atoms with E-state index in [1.165, 1.54) is 33.4 Å². The number of nitrogens with zero attached hydrogens (tertiary/aromatic N) is 4. The minimum absolute atomic E-state index is 0.533. The van der Waals surface area contributed by atoms with Crippen LogP contribution in [0.15, 0.2) is 194 Å². The van der Waals surface area contributed by atoms with Gasteiger partial charge in [-0.1, -0.05) is 133 Å². The van der Waals surface area contributed by atoms with Crippen molar-refractivity contribution in [3.05, 3.63) is 222 Å². The first-order valence-electron chi connectivity index (χ1n) is 17.9. The van der Waals surface area contributed by atoms with Gasteiger partial charge in [-0.2, -0.15) is 5.26 Å². The lowest BCUT2D eigenvalue weighted by Gasteiger charge is -2.43. The molecular formula is C49H32N4. The fraction of sp³-hybridized carbons (Fsp3) is 0.0204. The zero-order valence-corrected chi connectivity index (χ0v) is 28.8. The molecule has 0 unspecified atom stereocenters. The molecule has 1 aliphatic heterocycles. The molecule has 4 nitrogen and oxygen atoms in total. The topological polar surface area (TPSA) is 43.2 Å². The molecule has 8 aromatic rings. The van der Waals surface area contributed by atoms with E-state index in [1.807, 2.05) is 12.3 Å². The number of hydrogen-bond acceptors (Lipinski definition) is 4. The van der Waals surface area contributed by atoms with Gasteiger partial charge in [-0.25, -0.2) is 0 Å². The molecule has 4 heteroatoms. The molecule has 53 heavy (non-hydrogen) atoms. The summed E-state index contributed by atoms with van der Waals surface area (Å²) in [7, 11) is 0. The van der Waals surface area contributed by atoms with Crippen molar-refractivity contribution in [3.63, 3.8) is 0 Å². The van der Waals surface area contributed by atoms with E-state index >= 15 is 0 Å². The highest BCUT2D eigenvalue weighted by molar-refractivity contribution is 6.05. The fourth-order valence-electron chi connectivity index (χ4n) is 8.72. The van der Waals surface area contributed by atoms with E-state index in [-0.39, 0.29) is 0 Å². The van der Waals surface area contributed by atoms with Gasteiger partial charge in [0.2, 0.25) is 0 Å². The summed E-state index contributed by atoms with van der Waals surface area (Å²) >= 11 is 0. The molecule has 7 aromatic carbocycles. The molecule has 0 saturated heterocycles. The molecule has 1 aliphatic carbocycles. The Hall–Kier alpha value is -7.22. The van der Waals surface area contributed by atoms with Gasteiger partial charge in [0.05, 0.1) is 39.4 Å². The van der Waals surface area contributed by atoms with Crippen LogP contribution in [0.1, 0.15) is 27.8 Å². The van der Waals surface area contributed by atoms with Crippen molar-refractivity contribution in [2.45, 2.75) is 5.41 Å². The van der Waals surface area contributed by atoms with Gasteiger partial charge in [0.1, 0.15) is 6.07 Å². The van der Waals surface area contributed by atoms with Gasteiger partial charge in [0.25, 0.3) is 0 Å². The summed E-state index contributed by atoms with van der Waals surface area (Å²) in [6.07, 6.45) is 3.52. The average molecular weight is 677 g/mol. The Kier molecular flexibility index (Phi) is 7.06. The lowest BCUT2D eigenvalue weighted by molar-refractivity contribution is 0.769. The number of anilines is 6. The van der Waals surface area contributed by atoms with E-state index in [0.717, 1.165) is 45.3 Å². The second-order valence-electron chi connectivity index (χ2n) is 13.5. The standard InChI is InChI=1S/C49H32N4/c50-31-34-30-35(33-51-32-34)39-22-14-23-40-41-24-15-29-46(48(41)49(47(39)40,36-16-4-1-5-17-36)37-18-6-2-7-19-37)53-44-27-12-10-25-42(44)52(38-20-8-3-9-21-38)43-26-11-13-28-45(43)53/h1-30,32-33H. The molecule has 248 valence electrons. The molecule has 0 saturated carbocycles. The Morgan fingerprint density at radius 3 is 1.49 bits per heavy atom. The summed E-state index contributed by atoms with van der Waals surface area (Å²) in [5.74, 6) is 0. The Labute approximate surface area is 309 Å². The number of rotatable bonds is 5.